The number of hydrogen-bond acceptors (Lipinski definition) is 6. The van der Waals surface area contributed by atoms with Crippen LogP contribution in [0.25, 0.3) is 0 Å². The molecule has 2 aromatic heterocycles. The van der Waals surface area contributed by atoms with Crippen molar-refractivity contribution in [2.75, 3.05) is 24.6 Å². The SMILES string of the molecule is N#Cc1ccc(N2C3CCC2CN(C(=O)COC2(c4c(F)cncc4F)CCC2)C3)nc1. The van der Waals surface area contributed by atoms with Crippen LogP contribution in [-0.4, -0.2) is 52.6 Å². The molecule has 1 aliphatic carbocycles. The Labute approximate surface area is 184 Å². The molecule has 4 heterocycles. The van der Waals surface area contributed by atoms with E-state index in [0.717, 1.165) is 37.5 Å². The number of piperazine rings is 1. The summed E-state index contributed by atoms with van der Waals surface area (Å²) in [6.45, 7) is 0.881. The Morgan fingerprint density at radius 2 is 1.84 bits per heavy atom. The molecule has 3 fully saturated rings. The molecule has 7 nitrogen and oxygen atoms in total. The smallest absolute Gasteiger partial charge is 0.248 e. The lowest BCUT2D eigenvalue weighted by Crippen LogP contribution is -2.56. The molecule has 2 saturated heterocycles. The zero-order valence-corrected chi connectivity index (χ0v) is 17.5. The quantitative estimate of drug-likeness (QED) is 0.713. The van der Waals surface area contributed by atoms with Gasteiger partial charge in [0.05, 0.1) is 29.1 Å². The molecule has 2 bridgehead atoms. The maximum atomic E-state index is 14.3. The van der Waals surface area contributed by atoms with E-state index in [9.17, 15) is 13.6 Å². The fourth-order valence-corrected chi connectivity index (χ4v) is 5.19. The first-order valence-electron chi connectivity index (χ1n) is 10.9. The number of pyridine rings is 2. The van der Waals surface area contributed by atoms with Crippen LogP contribution in [0, 0.1) is 23.0 Å². The number of ether oxygens (including phenoxy) is 1. The fourth-order valence-electron chi connectivity index (χ4n) is 5.19. The number of fused-ring (bicyclic) bond motifs is 2. The van der Waals surface area contributed by atoms with E-state index < -0.39 is 17.2 Å². The molecule has 1 saturated carbocycles. The first kappa shape index (κ1) is 20.8. The van der Waals surface area contributed by atoms with E-state index in [0.29, 0.717) is 31.5 Å². The third kappa shape index (κ3) is 3.48. The number of likely N-dealkylation sites (tertiary alicyclic amines) is 1. The van der Waals surface area contributed by atoms with Crippen LogP contribution in [0.1, 0.15) is 43.2 Å². The van der Waals surface area contributed by atoms with Crippen LogP contribution in [0.15, 0.2) is 30.7 Å². The van der Waals surface area contributed by atoms with Crippen molar-refractivity contribution in [2.45, 2.75) is 49.8 Å². The second-order valence-electron chi connectivity index (χ2n) is 8.72. The van der Waals surface area contributed by atoms with Crippen LogP contribution in [0.5, 0.6) is 0 Å². The molecule has 166 valence electrons. The number of nitriles is 1. The lowest BCUT2D eigenvalue weighted by Gasteiger charge is -2.44. The highest BCUT2D eigenvalue weighted by molar-refractivity contribution is 5.78. The first-order chi connectivity index (χ1) is 15.5. The van der Waals surface area contributed by atoms with Gasteiger partial charge in [-0.05, 0) is 44.2 Å². The Hall–Kier alpha value is -3.12. The Morgan fingerprint density at radius 3 is 2.38 bits per heavy atom. The van der Waals surface area contributed by atoms with Gasteiger partial charge >= 0.3 is 0 Å². The molecule has 2 atom stereocenters. The molecule has 32 heavy (non-hydrogen) atoms. The zero-order valence-electron chi connectivity index (χ0n) is 17.5. The predicted octanol–water partition coefficient (Wildman–Crippen LogP) is 2.90. The van der Waals surface area contributed by atoms with Crippen molar-refractivity contribution in [1.29, 1.82) is 5.26 Å². The van der Waals surface area contributed by atoms with E-state index in [1.165, 1.54) is 0 Å². The highest BCUT2D eigenvalue weighted by Gasteiger charge is 2.46. The maximum Gasteiger partial charge on any atom is 0.248 e. The van der Waals surface area contributed by atoms with Gasteiger partial charge < -0.3 is 14.5 Å². The van der Waals surface area contributed by atoms with E-state index in [1.54, 1.807) is 17.2 Å². The summed E-state index contributed by atoms with van der Waals surface area (Å²) >= 11 is 0. The van der Waals surface area contributed by atoms with Crippen molar-refractivity contribution in [3.8, 4) is 6.07 Å². The molecule has 2 aromatic rings. The molecule has 9 heteroatoms. The second-order valence-corrected chi connectivity index (χ2v) is 8.72. The molecule has 0 spiro atoms. The Bertz CT molecular complexity index is 1030. The molecule has 2 unspecified atom stereocenters. The van der Waals surface area contributed by atoms with Gasteiger partial charge in [-0.25, -0.2) is 13.8 Å². The van der Waals surface area contributed by atoms with Gasteiger partial charge in [0.15, 0.2) is 11.6 Å². The van der Waals surface area contributed by atoms with E-state index in [-0.39, 0.29) is 30.2 Å². The topological polar surface area (TPSA) is 82.4 Å². The van der Waals surface area contributed by atoms with Crippen LogP contribution in [0.4, 0.5) is 14.6 Å². The van der Waals surface area contributed by atoms with Crippen LogP contribution < -0.4 is 4.90 Å². The number of carbonyl (C=O) groups excluding carboxylic acids is 1. The third-order valence-corrected chi connectivity index (χ3v) is 6.92. The summed E-state index contributed by atoms with van der Waals surface area (Å²) < 4.78 is 34.5. The van der Waals surface area contributed by atoms with Crippen LogP contribution in [0.3, 0.4) is 0 Å². The molecule has 5 rings (SSSR count). The van der Waals surface area contributed by atoms with Crippen molar-refractivity contribution in [3.05, 3.63) is 53.5 Å². The summed E-state index contributed by atoms with van der Waals surface area (Å²) in [5, 5.41) is 8.98. The number of amides is 1. The number of carbonyl (C=O) groups is 1. The van der Waals surface area contributed by atoms with E-state index in [1.807, 2.05) is 6.07 Å². The van der Waals surface area contributed by atoms with Crippen LogP contribution >= 0.6 is 0 Å². The van der Waals surface area contributed by atoms with Gasteiger partial charge in [0.2, 0.25) is 5.91 Å². The third-order valence-electron chi connectivity index (χ3n) is 6.92. The van der Waals surface area contributed by atoms with Gasteiger partial charge in [0.25, 0.3) is 0 Å². The first-order valence-corrected chi connectivity index (χ1v) is 10.9. The van der Waals surface area contributed by atoms with Crippen molar-refractivity contribution >= 4 is 11.7 Å². The van der Waals surface area contributed by atoms with E-state index in [4.69, 9.17) is 10.00 Å². The largest absolute Gasteiger partial charge is 0.360 e. The van der Waals surface area contributed by atoms with Crippen molar-refractivity contribution in [2.24, 2.45) is 0 Å². The summed E-state index contributed by atoms with van der Waals surface area (Å²) in [7, 11) is 0. The normalized spacial score (nSPS) is 23.5. The number of aromatic nitrogens is 2. The van der Waals surface area contributed by atoms with Crippen molar-refractivity contribution in [1.82, 2.24) is 14.9 Å². The molecular weight excluding hydrogens is 416 g/mol. The van der Waals surface area contributed by atoms with Gasteiger partial charge in [0, 0.05) is 31.4 Å². The highest BCUT2D eigenvalue weighted by atomic mass is 19.1. The van der Waals surface area contributed by atoms with E-state index >= 15 is 0 Å². The van der Waals surface area contributed by atoms with Crippen LogP contribution in [-0.2, 0) is 15.1 Å². The minimum atomic E-state index is -1.10. The second kappa shape index (κ2) is 8.10. The Balaban J connectivity index is 1.25. The van der Waals surface area contributed by atoms with Gasteiger partial charge in [-0.1, -0.05) is 0 Å². The average molecular weight is 439 g/mol. The number of halogens is 2. The number of rotatable bonds is 5. The van der Waals surface area contributed by atoms with Gasteiger partial charge in [0.1, 0.15) is 18.5 Å². The average Bonchev–Trinajstić information content (AvgIpc) is 3.03. The lowest BCUT2D eigenvalue weighted by molar-refractivity contribution is -0.155. The van der Waals surface area contributed by atoms with Gasteiger partial charge in [-0.2, -0.15) is 5.26 Å². The summed E-state index contributed by atoms with van der Waals surface area (Å²) in [6, 6.07) is 5.96. The van der Waals surface area contributed by atoms with Crippen molar-refractivity contribution < 1.29 is 18.3 Å². The van der Waals surface area contributed by atoms with Gasteiger partial charge in [-0.15, -0.1) is 0 Å². The minimum Gasteiger partial charge on any atom is -0.360 e. The van der Waals surface area contributed by atoms with Gasteiger partial charge in [-0.3, -0.25) is 9.78 Å². The van der Waals surface area contributed by atoms with Crippen LogP contribution in [0.2, 0.25) is 0 Å². The molecule has 0 aromatic carbocycles. The molecule has 0 radical (unpaired) electrons. The Kier molecular flexibility index (Phi) is 5.25. The fraction of sp³-hybridized carbons (Fsp3) is 0.478. The molecule has 2 aliphatic heterocycles. The van der Waals surface area contributed by atoms with E-state index in [2.05, 4.69) is 20.9 Å². The molecular formula is C23H23F2N5O2. The Morgan fingerprint density at radius 1 is 1.16 bits per heavy atom. The zero-order chi connectivity index (χ0) is 22.3. The molecule has 1 amide bonds. The minimum absolute atomic E-state index is 0.122. The monoisotopic (exact) mass is 439 g/mol. The number of anilines is 1. The van der Waals surface area contributed by atoms with Crippen molar-refractivity contribution in [3.63, 3.8) is 0 Å². The number of nitrogens with zero attached hydrogens (tertiary/aromatic N) is 5. The molecule has 3 aliphatic rings. The summed E-state index contributed by atoms with van der Waals surface area (Å²) in [6.07, 6.45) is 7.17. The standard InChI is InChI=1S/C23H23F2N5O2/c24-18-10-27-11-19(25)22(18)23(6-1-7-23)32-14-21(31)29-12-16-3-4-17(13-29)30(16)20-5-2-15(8-26)9-28-20/h2,5,9-11,16-17H,1,3-4,6-7,12-14H2. The summed E-state index contributed by atoms with van der Waals surface area (Å²) in [4.78, 5) is 24.9. The molecule has 0 N–H and O–H groups in total. The maximum absolute atomic E-state index is 14.3. The lowest BCUT2D eigenvalue weighted by atomic mass is 9.74. The summed E-state index contributed by atoms with van der Waals surface area (Å²) in [5.41, 5.74) is -0.706. The summed E-state index contributed by atoms with van der Waals surface area (Å²) in [5.74, 6) is -0.829. The predicted molar refractivity (Wildman–Crippen MR) is 110 cm³/mol. The highest BCUT2D eigenvalue weighted by Crippen LogP contribution is 2.46. The number of hydrogen-bond donors (Lipinski definition) is 0.